The average Bonchev–Trinajstić information content (AvgIpc) is 3.29. The van der Waals surface area contributed by atoms with Crippen LogP contribution in [-0.2, 0) is 16.1 Å². The molecule has 0 saturated carbocycles. The van der Waals surface area contributed by atoms with E-state index in [1.54, 1.807) is 24.3 Å². The van der Waals surface area contributed by atoms with Crippen LogP contribution >= 0.6 is 0 Å². The fourth-order valence-electron chi connectivity index (χ4n) is 2.65. The predicted molar refractivity (Wildman–Crippen MR) is 85.9 cm³/mol. The molecule has 2 heterocycles. The highest BCUT2D eigenvalue weighted by atomic mass is 16.7. The van der Waals surface area contributed by atoms with Crippen LogP contribution in [0.4, 0.5) is 0 Å². The second-order valence-electron chi connectivity index (χ2n) is 5.57. The summed E-state index contributed by atoms with van der Waals surface area (Å²) in [6, 6.07) is 15.0. The van der Waals surface area contributed by atoms with Gasteiger partial charge in [-0.05, 0) is 29.8 Å². The number of hydrogen-bond acceptors (Lipinski definition) is 5. The number of rotatable bonds is 5. The van der Waals surface area contributed by atoms with E-state index in [1.165, 1.54) is 0 Å². The van der Waals surface area contributed by atoms with Crippen LogP contribution in [0.2, 0.25) is 0 Å². The molecule has 1 unspecified atom stereocenters. The average molecular weight is 324 g/mol. The second kappa shape index (κ2) is 6.47. The van der Waals surface area contributed by atoms with Gasteiger partial charge in [0.15, 0.2) is 23.6 Å². The number of ketones is 1. The van der Waals surface area contributed by atoms with Gasteiger partial charge in [-0.25, -0.2) is 0 Å². The van der Waals surface area contributed by atoms with E-state index in [4.69, 9.17) is 18.9 Å². The molecule has 0 N–H and O–H groups in total. The molecule has 0 aliphatic carbocycles. The number of Topliss-reactive ketones (excluding diaryl/α,β-unsaturated/α-hetero) is 1. The third-order valence-corrected chi connectivity index (χ3v) is 3.92. The zero-order valence-corrected chi connectivity index (χ0v) is 12.9. The molecule has 0 aromatic heterocycles. The summed E-state index contributed by atoms with van der Waals surface area (Å²) in [6.45, 7) is 0.869. The van der Waals surface area contributed by atoms with Crippen molar-refractivity contribution in [3.05, 3.63) is 71.3 Å². The molecule has 2 aliphatic heterocycles. The number of benzene rings is 2. The number of ether oxygens (including phenoxy) is 4. The third-order valence-electron chi connectivity index (χ3n) is 3.92. The summed E-state index contributed by atoms with van der Waals surface area (Å²) in [4.78, 5) is 12.6. The Morgan fingerprint density at radius 3 is 2.79 bits per heavy atom. The molecule has 2 aliphatic rings. The van der Waals surface area contributed by atoms with Crippen molar-refractivity contribution in [1.82, 2.24) is 0 Å². The topological polar surface area (TPSA) is 54.0 Å². The van der Waals surface area contributed by atoms with Gasteiger partial charge in [0.2, 0.25) is 6.79 Å². The minimum Gasteiger partial charge on any atom is -0.454 e. The van der Waals surface area contributed by atoms with E-state index in [2.05, 4.69) is 0 Å². The molecule has 24 heavy (non-hydrogen) atoms. The lowest BCUT2D eigenvalue weighted by Crippen LogP contribution is -2.09. The van der Waals surface area contributed by atoms with E-state index in [0.29, 0.717) is 29.2 Å². The molecule has 0 bridgehead atoms. The Balaban J connectivity index is 1.42. The zero-order chi connectivity index (χ0) is 16.4. The Labute approximate surface area is 139 Å². The molecule has 5 heteroatoms. The number of fused-ring (bicyclic) bond motifs is 1. The fourth-order valence-corrected chi connectivity index (χ4v) is 2.65. The Hall–Kier alpha value is -2.63. The Morgan fingerprint density at radius 1 is 1.08 bits per heavy atom. The van der Waals surface area contributed by atoms with Gasteiger partial charge in [-0.3, -0.25) is 4.79 Å². The molecule has 2 aromatic rings. The summed E-state index contributed by atoms with van der Waals surface area (Å²) in [7, 11) is 0. The van der Waals surface area contributed by atoms with Gasteiger partial charge in [0, 0.05) is 11.1 Å². The Bertz CT molecular complexity index is 782. The summed E-state index contributed by atoms with van der Waals surface area (Å²) in [6.07, 6.45) is 1.23. The van der Waals surface area contributed by atoms with Crippen LogP contribution in [0.15, 0.2) is 60.2 Å². The van der Waals surface area contributed by atoms with Gasteiger partial charge in [-0.2, -0.15) is 0 Å². The SMILES string of the molecule is O=C(C1=CC(OCc2ccccc2)OC1)c1ccc2c(c1)OCO2. The monoisotopic (exact) mass is 324 g/mol. The first-order valence-corrected chi connectivity index (χ1v) is 7.72. The largest absolute Gasteiger partial charge is 0.454 e. The van der Waals surface area contributed by atoms with E-state index in [1.807, 2.05) is 30.3 Å². The number of hydrogen-bond donors (Lipinski definition) is 0. The van der Waals surface area contributed by atoms with Crippen LogP contribution in [0.5, 0.6) is 11.5 Å². The standard InChI is InChI=1S/C19H16O5/c20-19(14-6-7-16-17(8-14)24-12-23-16)15-9-18(22-11-15)21-10-13-4-2-1-3-5-13/h1-9,18H,10-12H2. The molecule has 0 amide bonds. The second-order valence-corrected chi connectivity index (χ2v) is 5.57. The summed E-state index contributed by atoms with van der Waals surface area (Å²) in [5, 5.41) is 0. The minimum absolute atomic E-state index is 0.0842. The molecule has 1 atom stereocenters. The number of carbonyl (C=O) groups is 1. The molecule has 2 aromatic carbocycles. The van der Waals surface area contributed by atoms with Crippen molar-refractivity contribution in [2.24, 2.45) is 0 Å². The maximum absolute atomic E-state index is 12.6. The smallest absolute Gasteiger partial charge is 0.231 e. The molecule has 0 spiro atoms. The number of carbonyl (C=O) groups excluding carboxylic acids is 1. The quantitative estimate of drug-likeness (QED) is 0.791. The van der Waals surface area contributed by atoms with Gasteiger partial charge in [-0.1, -0.05) is 30.3 Å². The fraction of sp³-hybridized carbons (Fsp3) is 0.211. The van der Waals surface area contributed by atoms with Crippen molar-refractivity contribution in [3.8, 4) is 11.5 Å². The van der Waals surface area contributed by atoms with E-state index < -0.39 is 6.29 Å². The first-order valence-electron chi connectivity index (χ1n) is 7.72. The summed E-state index contributed by atoms with van der Waals surface area (Å²) < 4.78 is 21.8. The van der Waals surface area contributed by atoms with Gasteiger partial charge < -0.3 is 18.9 Å². The van der Waals surface area contributed by atoms with Crippen molar-refractivity contribution >= 4 is 5.78 Å². The summed E-state index contributed by atoms with van der Waals surface area (Å²) in [5.74, 6) is 1.17. The molecular weight excluding hydrogens is 308 g/mol. The maximum Gasteiger partial charge on any atom is 0.231 e. The Kier molecular flexibility index (Phi) is 4.02. The minimum atomic E-state index is -0.502. The van der Waals surface area contributed by atoms with Gasteiger partial charge in [0.05, 0.1) is 13.2 Å². The van der Waals surface area contributed by atoms with Crippen molar-refractivity contribution in [3.63, 3.8) is 0 Å². The molecule has 0 saturated heterocycles. The van der Waals surface area contributed by atoms with E-state index >= 15 is 0 Å². The van der Waals surface area contributed by atoms with Crippen molar-refractivity contribution in [1.29, 1.82) is 0 Å². The van der Waals surface area contributed by atoms with Crippen LogP contribution in [0.25, 0.3) is 0 Å². The molecule has 0 radical (unpaired) electrons. The lowest BCUT2D eigenvalue weighted by Gasteiger charge is -2.09. The molecule has 4 rings (SSSR count). The van der Waals surface area contributed by atoms with E-state index in [0.717, 1.165) is 5.56 Å². The highest BCUT2D eigenvalue weighted by Crippen LogP contribution is 2.33. The van der Waals surface area contributed by atoms with Crippen LogP contribution in [0, 0.1) is 0 Å². The first-order chi connectivity index (χ1) is 11.8. The normalized spacial score (nSPS) is 18.5. The lowest BCUT2D eigenvalue weighted by molar-refractivity contribution is -0.0999. The van der Waals surface area contributed by atoms with Crippen LogP contribution in [0.1, 0.15) is 15.9 Å². The highest BCUT2D eigenvalue weighted by molar-refractivity contribution is 6.09. The summed E-state index contributed by atoms with van der Waals surface area (Å²) in [5.41, 5.74) is 2.20. The third kappa shape index (κ3) is 3.04. The molecule has 5 nitrogen and oxygen atoms in total. The molecular formula is C19H16O5. The van der Waals surface area contributed by atoms with Crippen LogP contribution in [0.3, 0.4) is 0 Å². The van der Waals surface area contributed by atoms with Crippen LogP contribution < -0.4 is 9.47 Å². The van der Waals surface area contributed by atoms with Crippen molar-refractivity contribution in [2.75, 3.05) is 13.4 Å². The van der Waals surface area contributed by atoms with Gasteiger partial charge >= 0.3 is 0 Å². The van der Waals surface area contributed by atoms with E-state index in [9.17, 15) is 4.79 Å². The summed E-state index contributed by atoms with van der Waals surface area (Å²) >= 11 is 0. The lowest BCUT2D eigenvalue weighted by atomic mass is 10.0. The highest BCUT2D eigenvalue weighted by Gasteiger charge is 2.24. The first kappa shape index (κ1) is 14.9. The zero-order valence-electron chi connectivity index (χ0n) is 12.9. The van der Waals surface area contributed by atoms with Gasteiger partial charge in [0.25, 0.3) is 0 Å². The molecule has 122 valence electrons. The predicted octanol–water partition coefficient (Wildman–Crippen LogP) is 3.10. The molecule has 0 fully saturated rings. The van der Waals surface area contributed by atoms with Crippen molar-refractivity contribution in [2.45, 2.75) is 12.9 Å². The Morgan fingerprint density at radius 2 is 1.92 bits per heavy atom. The van der Waals surface area contributed by atoms with Gasteiger partial charge in [0.1, 0.15) is 0 Å². The van der Waals surface area contributed by atoms with Crippen molar-refractivity contribution < 1.29 is 23.7 Å². The van der Waals surface area contributed by atoms with E-state index in [-0.39, 0.29) is 19.2 Å². The maximum atomic E-state index is 12.6. The van der Waals surface area contributed by atoms with Gasteiger partial charge in [-0.15, -0.1) is 0 Å². The van der Waals surface area contributed by atoms with Crippen LogP contribution in [-0.4, -0.2) is 25.5 Å².